The summed E-state index contributed by atoms with van der Waals surface area (Å²) in [5.41, 5.74) is 0.101. The molecular weight excluding hydrogens is 200 g/mol. The minimum atomic E-state index is -0.0219. The highest BCUT2D eigenvalue weighted by atomic mass is 16.2. The van der Waals surface area contributed by atoms with Crippen molar-refractivity contribution in [2.45, 2.75) is 66.0 Å². The fourth-order valence-electron chi connectivity index (χ4n) is 2.39. The van der Waals surface area contributed by atoms with Crippen LogP contribution in [0.25, 0.3) is 0 Å². The molecule has 0 bridgehead atoms. The Kier molecular flexibility index (Phi) is 3.56. The van der Waals surface area contributed by atoms with Crippen molar-refractivity contribution in [3.63, 3.8) is 0 Å². The maximum atomic E-state index is 12.1. The molecule has 0 aromatic carbocycles. The zero-order valence-electron chi connectivity index (χ0n) is 11.6. The van der Waals surface area contributed by atoms with Crippen molar-refractivity contribution in [3.05, 3.63) is 0 Å². The summed E-state index contributed by atoms with van der Waals surface area (Å²) in [7, 11) is 0. The fourth-order valence-corrected chi connectivity index (χ4v) is 2.39. The van der Waals surface area contributed by atoms with Gasteiger partial charge in [0.05, 0.1) is 0 Å². The van der Waals surface area contributed by atoms with E-state index in [0.29, 0.717) is 0 Å². The lowest BCUT2D eigenvalue weighted by Crippen LogP contribution is -2.57. The third kappa shape index (κ3) is 2.33. The van der Waals surface area contributed by atoms with E-state index < -0.39 is 0 Å². The van der Waals surface area contributed by atoms with Gasteiger partial charge in [-0.05, 0) is 39.0 Å². The van der Waals surface area contributed by atoms with Gasteiger partial charge in [0.2, 0.25) is 0 Å². The van der Waals surface area contributed by atoms with Crippen LogP contribution in [0.2, 0.25) is 0 Å². The Morgan fingerprint density at radius 2 is 1.94 bits per heavy atom. The second-order valence-electron chi connectivity index (χ2n) is 6.38. The molecule has 0 spiro atoms. The molecule has 3 nitrogen and oxygen atoms in total. The zero-order valence-corrected chi connectivity index (χ0v) is 11.6. The van der Waals surface area contributed by atoms with Crippen LogP contribution in [0, 0.1) is 5.41 Å². The topological polar surface area (TPSA) is 32.3 Å². The van der Waals surface area contributed by atoms with Crippen molar-refractivity contribution in [1.29, 1.82) is 0 Å². The number of likely N-dealkylation sites (tertiary alicyclic amines) is 1. The van der Waals surface area contributed by atoms with Crippen LogP contribution in [0.3, 0.4) is 0 Å². The highest BCUT2D eigenvalue weighted by Gasteiger charge is 2.47. The smallest absolute Gasteiger partial charge is 0.318 e. The molecule has 0 aliphatic carbocycles. The molecule has 1 aliphatic rings. The van der Waals surface area contributed by atoms with Crippen molar-refractivity contribution in [3.8, 4) is 0 Å². The average molecular weight is 226 g/mol. The normalized spacial score (nSPS) is 26.3. The maximum Gasteiger partial charge on any atom is 0.318 e. The molecule has 3 heteroatoms. The predicted molar refractivity (Wildman–Crippen MR) is 67.5 cm³/mol. The first-order valence-corrected chi connectivity index (χ1v) is 6.26. The third-order valence-electron chi connectivity index (χ3n) is 3.91. The quantitative estimate of drug-likeness (QED) is 0.732. The molecule has 1 N–H and O–H groups in total. The van der Waals surface area contributed by atoms with Crippen LogP contribution in [-0.2, 0) is 0 Å². The molecular formula is C13H26N2O. The lowest BCUT2D eigenvalue weighted by molar-refractivity contribution is 0.0670. The zero-order chi connectivity index (χ0) is 12.6. The molecule has 1 atom stereocenters. The van der Waals surface area contributed by atoms with Crippen molar-refractivity contribution in [2.75, 3.05) is 6.54 Å². The molecule has 94 valence electrons. The first-order chi connectivity index (χ1) is 7.18. The van der Waals surface area contributed by atoms with Gasteiger partial charge in [0.1, 0.15) is 0 Å². The summed E-state index contributed by atoms with van der Waals surface area (Å²) in [5, 5.41) is 3.00. The molecule has 16 heavy (non-hydrogen) atoms. The van der Waals surface area contributed by atoms with Crippen molar-refractivity contribution in [1.82, 2.24) is 10.2 Å². The summed E-state index contributed by atoms with van der Waals surface area (Å²) < 4.78 is 0. The lowest BCUT2D eigenvalue weighted by Gasteiger charge is -2.45. The molecule has 1 saturated heterocycles. The van der Waals surface area contributed by atoms with Crippen molar-refractivity contribution >= 4 is 6.03 Å². The lowest BCUT2D eigenvalue weighted by atomic mass is 9.73. The summed E-state index contributed by atoms with van der Waals surface area (Å²) in [6.45, 7) is 13.7. The minimum absolute atomic E-state index is 0.0219. The Morgan fingerprint density at radius 1 is 1.38 bits per heavy atom. The number of amides is 2. The Bertz CT molecular complexity index is 268. The molecule has 2 amide bonds. The monoisotopic (exact) mass is 226 g/mol. The maximum absolute atomic E-state index is 12.1. The van der Waals surface area contributed by atoms with Crippen molar-refractivity contribution < 1.29 is 4.79 Å². The average Bonchev–Trinajstić information content (AvgIpc) is 2.46. The van der Waals surface area contributed by atoms with Crippen LogP contribution in [0.4, 0.5) is 4.79 Å². The van der Waals surface area contributed by atoms with Gasteiger partial charge in [-0.2, -0.15) is 0 Å². The second kappa shape index (κ2) is 4.27. The third-order valence-corrected chi connectivity index (χ3v) is 3.91. The predicted octanol–water partition coefficient (Wildman–Crippen LogP) is 3.01. The Hall–Kier alpha value is -0.730. The molecule has 1 heterocycles. The van der Waals surface area contributed by atoms with Crippen molar-refractivity contribution in [2.24, 2.45) is 5.41 Å². The van der Waals surface area contributed by atoms with Gasteiger partial charge < -0.3 is 10.2 Å². The standard InChI is InChI=1S/C13H26N2O/c1-10(2)14-11(16)15-9-7-8-13(15,6)12(3,4)5/h10H,7-9H2,1-6H3,(H,14,16)/t13-/m0/s1. The first-order valence-electron chi connectivity index (χ1n) is 6.26. The number of nitrogens with one attached hydrogen (secondary N) is 1. The molecule has 1 aliphatic heterocycles. The van der Waals surface area contributed by atoms with Gasteiger partial charge in [0.25, 0.3) is 0 Å². The number of rotatable bonds is 1. The second-order valence-corrected chi connectivity index (χ2v) is 6.38. The number of carbonyl (C=O) groups excluding carboxylic acids is 1. The van der Waals surface area contributed by atoms with E-state index >= 15 is 0 Å². The van der Waals surface area contributed by atoms with Gasteiger partial charge >= 0.3 is 6.03 Å². The van der Waals surface area contributed by atoms with Gasteiger partial charge in [-0.25, -0.2) is 4.79 Å². The van der Waals surface area contributed by atoms with Crippen LogP contribution >= 0.6 is 0 Å². The van der Waals surface area contributed by atoms with E-state index in [1.165, 1.54) is 0 Å². The molecule has 0 unspecified atom stereocenters. The van der Waals surface area contributed by atoms with Crippen LogP contribution in [0.1, 0.15) is 54.4 Å². The fraction of sp³-hybridized carbons (Fsp3) is 0.923. The molecule has 0 saturated carbocycles. The molecule has 1 fully saturated rings. The summed E-state index contributed by atoms with van der Waals surface area (Å²) >= 11 is 0. The number of hydrogen-bond acceptors (Lipinski definition) is 1. The molecule has 0 aromatic rings. The Balaban J connectivity index is 2.84. The SMILES string of the molecule is CC(C)NC(=O)N1CCC[C@@]1(C)C(C)(C)C. The van der Waals surface area contributed by atoms with Gasteiger partial charge in [-0.15, -0.1) is 0 Å². The first kappa shape index (κ1) is 13.3. The van der Waals surface area contributed by atoms with Crippen LogP contribution in [-0.4, -0.2) is 29.1 Å². The number of nitrogens with zero attached hydrogens (tertiary/aromatic N) is 1. The highest BCUT2D eigenvalue weighted by molar-refractivity contribution is 5.75. The number of urea groups is 1. The van der Waals surface area contributed by atoms with Gasteiger partial charge in [0, 0.05) is 18.1 Å². The molecule has 0 radical (unpaired) electrons. The molecule has 1 rings (SSSR count). The van der Waals surface area contributed by atoms with E-state index in [1.54, 1.807) is 0 Å². The number of hydrogen-bond donors (Lipinski definition) is 1. The van der Waals surface area contributed by atoms with E-state index in [-0.39, 0.29) is 23.0 Å². The van der Waals surface area contributed by atoms with Crippen LogP contribution in [0.5, 0.6) is 0 Å². The number of carbonyl (C=O) groups is 1. The van der Waals surface area contributed by atoms with E-state index in [2.05, 4.69) is 33.0 Å². The van der Waals surface area contributed by atoms with E-state index in [1.807, 2.05) is 18.7 Å². The Morgan fingerprint density at radius 3 is 2.38 bits per heavy atom. The minimum Gasteiger partial charge on any atom is -0.336 e. The van der Waals surface area contributed by atoms with Gasteiger partial charge in [-0.3, -0.25) is 0 Å². The van der Waals surface area contributed by atoms with E-state index in [0.717, 1.165) is 19.4 Å². The van der Waals surface area contributed by atoms with Gasteiger partial charge in [-0.1, -0.05) is 20.8 Å². The van der Waals surface area contributed by atoms with E-state index in [4.69, 9.17) is 0 Å². The van der Waals surface area contributed by atoms with E-state index in [9.17, 15) is 4.79 Å². The van der Waals surface area contributed by atoms with Crippen LogP contribution < -0.4 is 5.32 Å². The van der Waals surface area contributed by atoms with Gasteiger partial charge in [0.15, 0.2) is 0 Å². The summed E-state index contributed by atoms with van der Waals surface area (Å²) in [6, 6.07) is 0.294. The largest absolute Gasteiger partial charge is 0.336 e. The van der Waals surface area contributed by atoms with Crippen LogP contribution in [0.15, 0.2) is 0 Å². The summed E-state index contributed by atoms with van der Waals surface area (Å²) in [6.07, 6.45) is 2.21. The Labute approximate surface area is 99.6 Å². The highest BCUT2D eigenvalue weighted by Crippen LogP contribution is 2.43. The summed E-state index contributed by atoms with van der Waals surface area (Å²) in [4.78, 5) is 14.2. The molecule has 0 aromatic heterocycles. The summed E-state index contributed by atoms with van der Waals surface area (Å²) in [5.74, 6) is 0.